The third-order valence-electron chi connectivity index (χ3n) is 5.34. The molecule has 1 unspecified atom stereocenters. The number of pyridine rings is 2. The van der Waals surface area contributed by atoms with Crippen molar-refractivity contribution in [2.45, 2.75) is 12.6 Å². The van der Waals surface area contributed by atoms with Crippen molar-refractivity contribution < 1.29 is 14.3 Å². The smallest absolute Gasteiger partial charge is 0.252 e. The van der Waals surface area contributed by atoms with E-state index in [0.717, 1.165) is 16.9 Å². The van der Waals surface area contributed by atoms with Crippen LogP contribution in [0, 0.1) is 0 Å². The van der Waals surface area contributed by atoms with Gasteiger partial charge in [0.05, 0.1) is 35.2 Å². The topological polar surface area (TPSA) is 106 Å². The van der Waals surface area contributed by atoms with Crippen LogP contribution < -0.4 is 5.32 Å². The average molecular weight is 439 g/mol. The van der Waals surface area contributed by atoms with E-state index in [2.05, 4.69) is 15.4 Å². The predicted molar refractivity (Wildman–Crippen MR) is 122 cm³/mol. The molecule has 1 atom stereocenters. The Labute approximate surface area is 189 Å². The number of hydrogen-bond acceptors (Lipinski definition) is 6. The van der Waals surface area contributed by atoms with Gasteiger partial charge in [-0.3, -0.25) is 9.78 Å². The Bertz CT molecular complexity index is 1370. The molecule has 164 valence electrons. The molecule has 1 aromatic carbocycles. The first-order chi connectivity index (χ1) is 16.2. The molecule has 0 saturated carbocycles. The number of benzene rings is 1. The second-order valence-corrected chi connectivity index (χ2v) is 7.55. The molecule has 1 amide bonds. The molecule has 4 heterocycles. The fourth-order valence-corrected chi connectivity index (χ4v) is 3.64. The quantitative estimate of drug-likeness (QED) is 0.401. The van der Waals surface area contributed by atoms with Gasteiger partial charge in [0.1, 0.15) is 12.3 Å². The zero-order valence-corrected chi connectivity index (χ0v) is 17.6. The molecule has 8 heteroatoms. The van der Waals surface area contributed by atoms with E-state index in [9.17, 15) is 9.90 Å². The van der Waals surface area contributed by atoms with E-state index in [1.54, 1.807) is 35.6 Å². The van der Waals surface area contributed by atoms with Gasteiger partial charge in [-0.25, -0.2) is 9.67 Å². The van der Waals surface area contributed by atoms with Gasteiger partial charge in [0.25, 0.3) is 5.91 Å². The molecule has 4 aromatic heterocycles. The van der Waals surface area contributed by atoms with Crippen molar-refractivity contribution in [3.8, 4) is 11.3 Å². The normalized spacial score (nSPS) is 12.0. The Morgan fingerprint density at radius 3 is 2.73 bits per heavy atom. The number of aromatic nitrogens is 4. The number of amides is 1. The standard InChI is InChI=1S/C25H21N5O3/c31-23(17-6-2-1-3-7-17)15-27-25(32)20-12-22(18-8-4-10-26-13-18)29-24-21(20)14-28-30(24)16-19-9-5-11-33-19/h1-14,23,31H,15-16H2,(H,27,32). The first kappa shape index (κ1) is 20.6. The molecule has 33 heavy (non-hydrogen) atoms. The number of fused-ring (bicyclic) bond motifs is 1. The monoisotopic (exact) mass is 439 g/mol. The molecule has 0 radical (unpaired) electrons. The lowest BCUT2D eigenvalue weighted by Gasteiger charge is -2.13. The van der Waals surface area contributed by atoms with Crippen molar-refractivity contribution in [1.29, 1.82) is 0 Å². The van der Waals surface area contributed by atoms with E-state index >= 15 is 0 Å². The van der Waals surface area contributed by atoms with Crippen LogP contribution in [-0.2, 0) is 6.54 Å². The molecule has 5 rings (SSSR count). The molecule has 0 aliphatic rings. The number of nitrogens with zero attached hydrogens (tertiary/aromatic N) is 4. The van der Waals surface area contributed by atoms with Gasteiger partial charge in [0, 0.05) is 24.5 Å². The van der Waals surface area contributed by atoms with Crippen molar-refractivity contribution >= 4 is 16.9 Å². The molecular weight excluding hydrogens is 418 g/mol. The number of hydrogen-bond donors (Lipinski definition) is 2. The third kappa shape index (κ3) is 4.37. The van der Waals surface area contributed by atoms with Crippen molar-refractivity contribution in [1.82, 2.24) is 25.1 Å². The van der Waals surface area contributed by atoms with E-state index in [4.69, 9.17) is 9.40 Å². The summed E-state index contributed by atoms with van der Waals surface area (Å²) < 4.78 is 7.15. The summed E-state index contributed by atoms with van der Waals surface area (Å²) in [6, 6.07) is 18.3. The number of carbonyl (C=O) groups excluding carboxylic acids is 1. The summed E-state index contributed by atoms with van der Waals surface area (Å²) in [5.41, 5.74) is 3.10. The first-order valence-electron chi connectivity index (χ1n) is 10.5. The summed E-state index contributed by atoms with van der Waals surface area (Å²) in [7, 11) is 0. The van der Waals surface area contributed by atoms with Gasteiger partial charge < -0.3 is 14.8 Å². The van der Waals surface area contributed by atoms with E-state index < -0.39 is 6.10 Å². The highest BCUT2D eigenvalue weighted by Crippen LogP contribution is 2.25. The zero-order valence-electron chi connectivity index (χ0n) is 17.6. The number of nitrogens with one attached hydrogen (secondary N) is 1. The summed E-state index contributed by atoms with van der Waals surface area (Å²) in [4.78, 5) is 22.1. The lowest BCUT2D eigenvalue weighted by atomic mass is 10.1. The summed E-state index contributed by atoms with van der Waals surface area (Å²) in [5.74, 6) is 0.408. The lowest BCUT2D eigenvalue weighted by Crippen LogP contribution is -2.28. The van der Waals surface area contributed by atoms with Gasteiger partial charge >= 0.3 is 0 Å². The minimum absolute atomic E-state index is 0.0788. The van der Waals surface area contributed by atoms with Gasteiger partial charge in [-0.1, -0.05) is 30.3 Å². The largest absolute Gasteiger partial charge is 0.467 e. The maximum atomic E-state index is 13.2. The Kier molecular flexibility index (Phi) is 5.65. The van der Waals surface area contributed by atoms with Crippen LogP contribution in [0.4, 0.5) is 0 Å². The number of rotatable bonds is 7. The number of aliphatic hydroxyl groups is 1. The van der Waals surface area contributed by atoms with E-state index in [0.29, 0.717) is 28.8 Å². The molecule has 0 aliphatic carbocycles. The molecule has 8 nitrogen and oxygen atoms in total. The second kappa shape index (κ2) is 9.05. The predicted octanol–water partition coefficient (Wildman–Crippen LogP) is 3.60. The zero-order chi connectivity index (χ0) is 22.6. The summed E-state index contributed by atoms with van der Waals surface area (Å²) in [5, 5.41) is 18.3. The Hall–Kier alpha value is -4.30. The van der Waals surface area contributed by atoms with Crippen LogP contribution in [0.15, 0.2) is 89.9 Å². The number of aliphatic hydroxyl groups excluding tert-OH is 1. The Balaban J connectivity index is 1.49. The van der Waals surface area contributed by atoms with Crippen LogP contribution in [-0.4, -0.2) is 37.3 Å². The minimum Gasteiger partial charge on any atom is -0.467 e. The lowest BCUT2D eigenvalue weighted by molar-refractivity contribution is 0.0918. The second-order valence-electron chi connectivity index (χ2n) is 7.55. The summed E-state index contributed by atoms with van der Waals surface area (Å²) in [6.45, 7) is 0.462. The molecule has 0 spiro atoms. The van der Waals surface area contributed by atoms with Crippen LogP contribution in [0.1, 0.15) is 27.8 Å². The molecular formula is C25H21N5O3. The fourth-order valence-electron chi connectivity index (χ4n) is 3.64. The molecule has 2 N–H and O–H groups in total. The van der Waals surface area contributed by atoms with Gasteiger partial charge in [0.15, 0.2) is 5.65 Å². The average Bonchev–Trinajstić information content (AvgIpc) is 3.53. The van der Waals surface area contributed by atoms with Gasteiger partial charge in [-0.2, -0.15) is 5.10 Å². The summed E-state index contributed by atoms with van der Waals surface area (Å²) >= 11 is 0. The van der Waals surface area contributed by atoms with Crippen LogP contribution in [0.2, 0.25) is 0 Å². The van der Waals surface area contributed by atoms with Crippen LogP contribution in [0.3, 0.4) is 0 Å². The SMILES string of the molecule is O=C(NCC(O)c1ccccc1)c1cc(-c2cccnc2)nc2c1cnn2Cc1ccco1. The highest BCUT2D eigenvalue weighted by molar-refractivity contribution is 6.06. The van der Waals surface area contributed by atoms with Crippen LogP contribution in [0.5, 0.6) is 0 Å². The summed E-state index contributed by atoms with van der Waals surface area (Å²) in [6.07, 6.45) is 5.80. The fraction of sp³-hybridized carbons (Fsp3) is 0.120. The highest BCUT2D eigenvalue weighted by atomic mass is 16.3. The van der Waals surface area contributed by atoms with Crippen LogP contribution in [0.25, 0.3) is 22.3 Å². The minimum atomic E-state index is -0.813. The molecule has 0 aliphatic heterocycles. The Morgan fingerprint density at radius 2 is 1.97 bits per heavy atom. The number of furan rings is 1. The maximum absolute atomic E-state index is 13.2. The van der Waals surface area contributed by atoms with E-state index in [1.807, 2.05) is 54.6 Å². The first-order valence-corrected chi connectivity index (χ1v) is 10.5. The Morgan fingerprint density at radius 1 is 1.09 bits per heavy atom. The third-order valence-corrected chi connectivity index (χ3v) is 5.34. The molecule has 0 fully saturated rings. The number of carbonyl (C=O) groups is 1. The van der Waals surface area contributed by atoms with Crippen LogP contribution >= 0.6 is 0 Å². The van der Waals surface area contributed by atoms with Gasteiger partial charge in [0.2, 0.25) is 0 Å². The van der Waals surface area contributed by atoms with Gasteiger partial charge in [-0.15, -0.1) is 0 Å². The van der Waals surface area contributed by atoms with Crippen molar-refractivity contribution in [3.63, 3.8) is 0 Å². The molecule has 0 saturated heterocycles. The molecule has 0 bridgehead atoms. The van der Waals surface area contributed by atoms with Gasteiger partial charge in [-0.05, 0) is 35.9 Å². The maximum Gasteiger partial charge on any atom is 0.252 e. The van der Waals surface area contributed by atoms with Crippen molar-refractivity contribution in [3.05, 3.63) is 102 Å². The highest BCUT2D eigenvalue weighted by Gasteiger charge is 2.19. The molecule has 5 aromatic rings. The van der Waals surface area contributed by atoms with Crippen molar-refractivity contribution in [2.24, 2.45) is 0 Å². The van der Waals surface area contributed by atoms with Crippen molar-refractivity contribution in [2.75, 3.05) is 6.54 Å². The van der Waals surface area contributed by atoms with E-state index in [-0.39, 0.29) is 12.5 Å². The van der Waals surface area contributed by atoms with E-state index in [1.165, 1.54) is 0 Å².